The summed E-state index contributed by atoms with van der Waals surface area (Å²) in [6.07, 6.45) is 0. The van der Waals surface area contributed by atoms with Crippen LogP contribution in [-0.2, 0) is 0 Å². The molecule has 0 saturated carbocycles. The number of nitrogens with zero attached hydrogens (tertiary/aromatic N) is 1. The first kappa shape index (κ1) is 14.1. The van der Waals surface area contributed by atoms with E-state index < -0.39 is 0 Å². The highest BCUT2D eigenvalue weighted by Gasteiger charge is 2.13. The molecule has 106 valence electrons. The molecule has 1 heterocycles. The summed E-state index contributed by atoms with van der Waals surface area (Å²) in [5, 5.41) is 13.1. The van der Waals surface area contributed by atoms with Crippen molar-refractivity contribution in [3.8, 4) is 0 Å². The fraction of sp³-hybridized carbons (Fsp3) is 0.333. The number of hydrogen-bond donors (Lipinski definition) is 3. The van der Waals surface area contributed by atoms with Gasteiger partial charge in [0.1, 0.15) is 0 Å². The van der Waals surface area contributed by atoms with Gasteiger partial charge in [0.25, 0.3) is 5.91 Å². The van der Waals surface area contributed by atoms with Gasteiger partial charge >= 0.3 is 0 Å². The molecule has 0 fully saturated rings. The van der Waals surface area contributed by atoms with Gasteiger partial charge in [-0.25, -0.2) is 0 Å². The number of aryl methyl sites for hydroxylation is 3. The fourth-order valence-corrected chi connectivity index (χ4v) is 2.15. The second-order valence-corrected chi connectivity index (χ2v) is 4.82. The molecule has 1 aromatic heterocycles. The van der Waals surface area contributed by atoms with E-state index in [0.717, 1.165) is 34.9 Å². The van der Waals surface area contributed by atoms with Crippen LogP contribution in [0.25, 0.3) is 0 Å². The minimum Gasteiger partial charge on any atom is -0.385 e. The molecule has 5 nitrogen and oxygen atoms in total. The Morgan fingerprint density at radius 2 is 2.05 bits per heavy atom. The molecule has 0 saturated heterocycles. The highest BCUT2D eigenvalue weighted by atomic mass is 16.1. The van der Waals surface area contributed by atoms with E-state index >= 15 is 0 Å². The normalized spacial score (nSPS) is 10.4. The van der Waals surface area contributed by atoms with Crippen LogP contribution in [0.5, 0.6) is 0 Å². The van der Waals surface area contributed by atoms with Crippen LogP contribution in [0.1, 0.15) is 34.2 Å². The minimum absolute atomic E-state index is 0.113. The quantitative estimate of drug-likeness (QED) is 0.801. The third-order valence-electron chi connectivity index (χ3n) is 3.22. The Labute approximate surface area is 118 Å². The molecule has 2 aromatic rings. The number of hydrogen-bond acceptors (Lipinski definition) is 3. The van der Waals surface area contributed by atoms with Crippen LogP contribution in [0.15, 0.2) is 18.2 Å². The molecule has 0 aliphatic rings. The maximum absolute atomic E-state index is 12.3. The van der Waals surface area contributed by atoms with Crippen molar-refractivity contribution >= 4 is 17.3 Å². The Morgan fingerprint density at radius 3 is 2.60 bits per heavy atom. The summed E-state index contributed by atoms with van der Waals surface area (Å²) in [4.78, 5) is 12.3. The Kier molecular flexibility index (Phi) is 4.08. The lowest BCUT2D eigenvalue weighted by Gasteiger charge is -2.10. The van der Waals surface area contributed by atoms with Crippen LogP contribution in [0.4, 0.5) is 11.4 Å². The molecule has 0 aliphatic carbocycles. The van der Waals surface area contributed by atoms with Crippen LogP contribution in [-0.4, -0.2) is 22.6 Å². The van der Waals surface area contributed by atoms with E-state index in [0.29, 0.717) is 5.56 Å². The Bertz CT molecular complexity index is 611. The van der Waals surface area contributed by atoms with E-state index in [4.69, 9.17) is 0 Å². The number of carbonyl (C=O) groups excluding carboxylic acids is 1. The van der Waals surface area contributed by atoms with Crippen molar-refractivity contribution in [3.63, 3.8) is 0 Å². The molecular formula is C15H20N4O. The average molecular weight is 272 g/mol. The SMILES string of the molecule is CCNc1ccc(C(=O)Nc2c(C)n[nH]c2C)c(C)c1. The smallest absolute Gasteiger partial charge is 0.256 e. The summed E-state index contributed by atoms with van der Waals surface area (Å²) in [7, 11) is 0. The summed E-state index contributed by atoms with van der Waals surface area (Å²) >= 11 is 0. The summed E-state index contributed by atoms with van der Waals surface area (Å²) in [5.41, 5.74) is 5.05. The zero-order valence-corrected chi connectivity index (χ0v) is 12.3. The van der Waals surface area contributed by atoms with Gasteiger partial charge in [0.2, 0.25) is 0 Å². The first-order chi connectivity index (χ1) is 9.52. The van der Waals surface area contributed by atoms with Gasteiger partial charge in [0, 0.05) is 17.8 Å². The number of aromatic nitrogens is 2. The lowest BCUT2D eigenvalue weighted by atomic mass is 10.1. The lowest BCUT2D eigenvalue weighted by Crippen LogP contribution is -2.14. The zero-order chi connectivity index (χ0) is 14.7. The van der Waals surface area contributed by atoms with E-state index in [9.17, 15) is 4.79 Å². The molecule has 0 atom stereocenters. The van der Waals surface area contributed by atoms with Gasteiger partial charge in [0.15, 0.2) is 0 Å². The average Bonchev–Trinajstić information content (AvgIpc) is 2.71. The third-order valence-corrected chi connectivity index (χ3v) is 3.22. The molecule has 20 heavy (non-hydrogen) atoms. The largest absolute Gasteiger partial charge is 0.385 e. The number of amides is 1. The van der Waals surface area contributed by atoms with Gasteiger partial charge < -0.3 is 10.6 Å². The molecule has 1 aromatic carbocycles. The van der Waals surface area contributed by atoms with Crippen molar-refractivity contribution in [1.82, 2.24) is 10.2 Å². The van der Waals surface area contributed by atoms with Gasteiger partial charge in [-0.1, -0.05) is 0 Å². The second kappa shape index (κ2) is 5.77. The molecule has 0 unspecified atom stereocenters. The van der Waals surface area contributed by atoms with Crippen molar-refractivity contribution < 1.29 is 4.79 Å². The number of H-pyrrole nitrogens is 1. The molecule has 0 aliphatic heterocycles. The van der Waals surface area contributed by atoms with Gasteiger partial charge in [0.05, 0.1) is 17.1 Å². The number of nitrogens with one attached hydrogen (secondary N) is 3. The van der Waals surface area contributed by atoms with E-state index in [1.54, 1.807) is 0 Å². The summed E-state index contributed by atoms with van der Waals surface area (Å²) in [6, 6.07) is 5.74. The molecule has 0 bridgehead atoms. The number of anilines is 2. The van der Waals surface area contributed by atoms with Crippen molar-refractivity contribution in [3.05, 3.63) is 40.7 Å². The van der Waals surface area contributed by atoms with Crippen LogP contribution in [0.3, 0.4) is 0 Å². The van der Waals surface area contributed by atoms with E-state index in [2.05, 4.69) is 20.8 Å². The first-order valence-corrected chi connectivity index (χ1v) is 6.70. The molecule has 5 heteroatoms. The van der Waals surface area contributed by atoms with Crippen molar-refractivity contribution in [2.75, 3.05) is 17.2 Å². The Hall–Kier alpha value is -2.30. The summed E-state index contributed by atoms with van der Waals surface area (Å²) < 4.78 is 0. The summed E-state index contributed by atoms with van der Waals surface area (Å²) in [5.74, 6) is -0.113. The predicted molar refractivity (Wildman–Crippen MR) is 81.4 cm³/mol. The van der Waals surface area contributed by atoms with E-state index in [-0.39, 0.29) is 5.91 Å². The standard InChI is InChI=1S/C15H20N4O/c1-5-16-12-6-7-13(9(2)8-12)15(20)17-14-10(3)18-19-11(14)4/h6-8,16H,5H2,1-4H3,(H,17,20)(H,18,19). The highest BCUT2D eigenvalue weighted by Crippen LogP contribution is 2.20. The van der Waals surface area contributed by atoms with Crippen LogP contribution in [0, 0.1) is 20.8 Å². The number of carbonyl (C=O) groups is 1. The number of benzene rings is 1. The monoisotopic (exact) mass is 272 g/mol. The molecular weight excluding hydrogens is 252 g/mol. The highest BCUT2D eigenvalue weighted by molar-refractivity contribution is 6.06. The molecule has 2 rings (SSSR count). The number of aromatic amines is 1. The molecule has 3 N–H and O–H groups in total. The van der Waals surface area contributed by atoms with Crippen molar-refractivity contribution in [2.45, 2.75) is 27.7 Å². The lowest BCUT2D eigenvalue weighted by molar-refractivity contribution is 0.102. The Balaban J connectivity index is 2.21. The fourth-order valence-electron chi connectivity index (χ4n) is 2.15. The van der Waals surface area contributed by atoms with Gasteiger partial charge in [-0.05, 0) is 51.5 Å². The van der Waals surface area contributed by atoms with Gasteiger partial charge in [-0.15, -0.1) is 0 Å². The second-order valence-electron chi connectivity index (χ2n) is 4.82. The predicted octanol–water partition coefficient (Wildman–Crippen LogP) is 3.02. The van der Waals surface area contributed by atoms with E-state index in [1.165, 1.54) is 0 Å². The number of rotatable bonds is 4. The molecule has 1 amide bonds. The minimum atomic E-state index is -0.113. The summed E-state index contributed by atoms with van der Waals surface area (Å²) in [6.45, 7) is 8.58. The first-order valence-electron chi connectivity index (χ1n) is 6.70. The van der Waals surface area contributed by atoms with E-state index in [1.807, 2.05) is 45.9 Å². The van der Waals surface area contributed by atoms with Crippen molar-refractivity contribution in [2.24, 2.45) is 0 Å². The maximum atomic E-state index is 12.3. The van der Waals surface area contributed by atoms with Gasteiger partial charge in [-0.3, -0.25) is 9.89 Å². The maximum Gasteiger partial charge on any atom is 0.256 e. The Morgan fingerprint density at radius 1 is 1.30 bits per heavy atom. The zero-order valence-electron chi connectivity index (χ0n) is 12.3. The van der Waals surface area contributed by atoms with Gasteiger partial charge in [-0.2, -0.15) is 5.10 Å². The van der Waals surface area contributed by atoms with Crippen LogP contribution < -0.4 is 10.6 Å². The molecule has 0 spiro atoms. The van der Waals surface area contributed by atoms with Crippen LogP contribution in [0.2, 0.25) is 0 Å². The molecule has 0 radical (unpaired) electrons. The van der Waals surface area contributed by atoms with Crippen LogP contribution >= 0.6 is 0 Å². The topological polar surface area (TPSA) is 69.8 Å². The van der Waals surface area contributed by atoms with Crippen molar-refractivity contribution in [1.29, 1.82) is 0 Å². The third kappa shape index (κ3) is 2.82.